The van der Waals surface area contributed by atoms with Gasteiger partial charge in [0.25, 0.3) is 0 Å². The molecule has 3 heterocycles. The van der Waals surface area contributed by atoms with Crippen molar-refractivity contribution in [3.8, 4) is 22.8 Å². The highest BCUT2D eigenvalue weighted by Gasteiger charge is 2.31. The lowest BCUT2D eigenvalue weighted by molar-refractivity contribution is -0.137. The second kappa shape index (κ2) is 8.76. The number of methoxy groups -OCH3 is 2. The van der Waals surface area contributed by atoms with Gasteiger partial charge in [-0.25, -0.2) is 4.98 Å². The number of imidazole rings is 1. The lowest BCUT2D eigenvalue weighted by Gasteiger charge is -2.20. The Bertz CT molecular complexity index is 1060. The zero-order valence-electron chi connectivity index (χ0n) is 17.5. The monoisotopic (exact) mass is 434 g/mol. The van der Waals surface area contributed by atoms with E-state index in [1.54, 1.807) is 30.8 Å². The molecule has 1 N–H and O–H groups in total. The molecule has 1 aromatic carbocycles. The Hall–Kier alpha value is -2.78. The summed E-state index contributed by atoms with van der Waals surface area (Å²) >= 11 is 0. The van der Waals surface area contributed by atoms with Gasteiger partial charge in [-0.3, -0.25) is 4.90 Å². The molecule has 0 bridgehead atoms. The number of ether oxygens (including phenoxy) is 2. The van der Waals surface area contributed by atoms with Crippen LogP contribution in [0.4, 0.5) is 13.2 Å². The molecular formula is C22H25F3N4O2. The maximum atomic E-state index is 13.4. The van der Waals surface area contributed by atoms with Crippen molar-refractivity contribution in [3.05, 3.63) is 47.8 Å². The van der Waals surface area contributed by atoms with E-state index in [0.29, 0.717) is 29.4 Å². The Morgan fingerprint density at radius 3 is 2.58 bits per heavy atom. The molecule has 166 valence electrons. The number of fused-ring (bicyclic) bond motifs is 1. The number of nitrogens with one attached hydrogen (secondary N) is 1. The summed E-state index contributed by atoms with van der Waals surface area (Å²) in [6.07, 6.45) is -2.31. The predicted octanol–water partition coefficient (Wildman–Crippen LogP) is 3.83. The van der Waals surface area contributed by atoms with E-state index in [9.17, 15) is 13.2 Å². The standard InChI is InChI=1S/C22H25F3N4O2/c1-30-18-6-4-15(12-19(18)31-2)21-17(14-28-10-3-8-26-9-11-28)29-13-16(22(23,24)25)5-7-20(29)27-21/h4-7,12-13,26H,3,8-11,14H2,1-2H3. The summed E-state index contributed by atoms with van der Waals surface area (Å²) in [5, 5.41) is 3.35. The molecule has 0 saturated carbocycles. The van der Waals surface area contributed by atoms with Gasteiger partial charge in [0.05, 0.1) is 31.2 Å². The molecule has 2 aromatic heterocycles. The summed E-state index contributed by atoms with van der Waals surface area (Å²) in [5.74, 6) is 1.12. The molecule has 3 aromatic rings. The zero-order chi connectivity index (χ0) is 22.0. The van der Waals surface area contributed by atoms with Crippen molar-refractivity contribution in [2.24, 2.45) is 0 Å². The van der Waals surface area contributed by atoms with Crippen LogP contribution < -0.4 is 14.8 Å². The van der Waals surface area contributed by atoms with Crippen LogP contribution in [0.25, 0.3) is 16.9 Å². The molecule has 0 atom stereocenters. The van der Waals surface area contributed by atoms with E-state index in [1.165, 1.54) is 6.07 Å². The van der Waals surface area contributed by atoms with Crippen LogP contribution in [0.3, 0.4) is 0 Å². The van der Waals surface area contributed by atoms with Gasteiger partial charge < -0.3 is 19.2 Å². The summed E-state index contributed by atoms with van der Waals surface area (Å²) in [6, 6.07) is 7.92. The predicted molar refractivity (Wildman–Crippen MR) is 111 cm³/mol. The highest BCUT2D eigenvalue weighted by atomic mass is 19.4. The van der Waals surface area contributed by atoms with Crippen LogP contribution >= 0.6 is 0 Å². The summed E-state index contributed by atoms with van der Waals surface area (Å²) in [6.45, 7) is 3.95. The molecule has 1 saturated heterocycles. The quantitative estimate of drug-likeness (QED) is 0.662. The van der Waals surface area contributed by atoms with Crippen molar-refractivity contribution in [1.29, 1.82) is 0 Å². The highest BCUT2D eigenvalue weighted by molar-refractivity contribution is 5.69. The number of halogens is 3. The number of alkyl halides is 3. The highest BCUT2D eigenvalue weighted by Crippen LogP contribution is 2.35. The van der Waals surface area contributed by atoms with Crippen molar-refractivity contribution >= 4 is 5.65 Å². The van der Waals surface area contributed by atoms with Crippen molar-refractivity contribution < 1.29 is 22.6 Å². The van der Waals surface area contributed by atoms with Crippen LogP contribution in [0.2, 0.25) is 0 Å². The number of pyridine rings is 1. The molecule has 31 heavy (non-hydrogen) atoms. The molecule has 6 nitrogen and oxygen atoms in total. The summed E-state index contributed by atoms with van der Waals surface area (Å²) in [4.78, 5) is 6.93. The summed E-state index contributed by atoms with van der Waals surface area (Å²) in [7, 11) is 3.10. The van der Waals surface area contributed by atoms with Crippen LogP contribution in [0.5, 0.6) is 11.5 Å². The SMILES string of the molecule is COc1ccc(-c2nc3ccc(C(F)(F)F)cn3c2CN2CCCNCC2)cc1OC. The van der Waals surface area contributed by atoms with Gasteiger partial charge in [0, 0.05) is 31.4 Å². The Morgan fingerprint density at radius 2 is 1.84 bits per heavy atom. The molecule has 0 unspecified atom stereocenters. The van der Waals surface area contributed by atoms with Crippen LogP contribution in [0, 0.1) is 0 Å². The van der Waals surface area contributed by atoms with Gasteiger partial charge >= 0.3 is 6.18 Å². The van der Waals surface area contributed by atoms with Gasteiger partial charge in [-0.2, -0.15) is 13.2 Å². The third-order valence-corrected chi connectivity index (χ3v) is 5.51. The number of rotatable bonds is 5. The molecule has 0 aliphatic carbocycles. The van der Waals surface area contributed by atoms with Gasteiger partial charge in [0.1, 0.15) is 5.65 Å². The first-order chi connectivity index (χ1) is 14.9. The average molecular weight is 434 g/mol. The summed E-state index contributed by atoms with van der Waals surface area (Å²) in [5.41, 5.74) is 1.89. The van der Waals surface area contributed by atoms with E-state index in [0.717, 1.165) is 56.1 Å². The molecule has 4 rings (SSSR count). The topological polar surface area (TPSA) is 51.0 Å². The third kappa shape index (κ3) is 4.47. The third-order valence-electron chi connectivity index (χ3n) is 5.51. The molecule has 1 fully saturated rings. The fourth-order valence-electron chi connectivity index (χ4n) is 3.90. The molecule has 0 amide bonds. The van der Waals surface area contributed by atoms with Crippen LogP contribution in [-0.4, -0.2) is 54.7 Å². The van der Waals surface area contributed by atoms with E-state index in [2.05, 4.69) is 15.2 Å². The fourth-order valence-corrected chi connectivity index (χ4v) is 3.90. The first kappa shape index (κ1) is 21.5. The Balaban J connectivity index is 1.85. The zero-order valence-corrected chi connectivity index (χ0v) is 17.5. The summed E-state index contributed by atoms with van der Waals surface area (Å²) < 4.78 is 52.5. The number of nitrogens with zero attached hydrogens (tertiary/aromatic N) is 3. The van der Waals surface area contributed by atoms with Crippen molar-refractivity contribution in [1.82, 2.24) is 19.6 Å². The van der Waals surface area contributed by atoms with Crippen LogP contribution in [0.1, 0.15) is 17.7 Å². The van der Waals surface area contributed by atoms with Gasteiger partial charge in [0.2, 0.25) is 0 Å². The van der Waals surface area contributed by atoms with Crippen molar-refractivity contribution in [2.45, 2.75) is 19.1 Å². The minimum atomic E-state index is -4.42. The second-order valence-electron chi connectivity index (χ2n) is 7.50. The van der Waals surface area contributed by atoms with E-state index in [-0.39, 0.29) is 0 Å². The molecule has 9 heteroatoms. The Morgan fingerprint density at radius 1 is 1.03 bits per heavy atom. The van der Waals surface area contributed by atoms with Crippen molar-refractivity contribution in [2.75, 3.05) is 40.4 Å². The maximum Gasteiger partial charge on any atom is 0.417 e. The first-order valence-corrected chi connectivity index (χ1v) is 10.1. The van der Waals surface area contributed by atoms with Gasteiger partial charge in [-0.05, 0) is 49.8 Å². The molecule has 1 aliphatic heterocycles. The largest absolute Gasteiger partial charge is 0.493 e. The lowest BCUT2D eigenvalue weighted by Crippen LogP contribution is -2.28. The minimum absolute atomic E-state index is 0.473. The van der Waals surface area contributed by atoms with E-state index in [1.807, 2.05) is 6.07 Å². The smallest absolute Gasteiger partial charge is 0.417 e. The molecule has 0 radical (unpaired) electrons. The van der Waals surface area contributed by atoms with Crippen LogP contribution in [0.15, 0.2) is 36.5 Å². The molecule has 1 aliphatic rings. The average Bonchev–Trinajstić information content (AvgIpc) is 2.92. The minimum Gasteiger partial charge on any atom is -0.493 e. The number of hydrogen-bond donors (Lipinski definition) is 1. The Kier molecular flexibility index (Phi) is 6.06. The molecule has 0 spiro atoms. The fraction of sp³-hybridized carbons (Fsp3) is 0.409. The van der Waals surface area contributed by atoms with E-state index >= 15 is 0 Å². The number of benzene rings is 1. The van der Waals surface area contributed by atoms with E-state index in [4.69, 9.17) is 9.47 Å². The van der Waals surface area contributed by atoms with E-state index < -0.39 is 11.7 Å². The first-order valence-electron chi connectivity index (χ1n) is 10.1. The number of aromatic nitrogens is 2. The van der Waals surface area contributed by atoms with Crippen LogP contribution in [-0.2, 0) is 12.7 Å². The maximum absolute atomic E-state index is 13.4. The van der Waals surface area contributed by atoms with Gasteiger partial charge in [-0.1, -0.05) is 0 Å². The molecular weight excluding hydrogens is 409 g/mol. The lowest BCUT2D eigenvalue weighted by atomic mass is 10.1. The number of hydrogen-bond acceptors (Lipinski definition) is 5. The van der Waals surface area contributed by atoms with Crippen molar-refractivity contribution in [3.63, 3.8) is 0 Å². The Labute approximate surface area is 178 Å². The van der Waals surface area contributed by atoms with Gasteiger partial charge in [0.15, 0.2) is 11.5 Å². The second-order valence-corrected chi connectivity index (χ2v) is 7.50. The van der Waals surface area contributed by atoms with Gasteiger partial charge in [-0.15, -0.1) is 0 Å². The normalized spacial score (nSPS) is 15.8.